The molecule has 0 bridgehead atoms. The predicted molar refractivity (Wildman–Crippen MR) is 88.7 cm³/mol. The molecule has 0 aromatic carbocycles. The van der Waals surface area contributed by atoms with Crippen LogP contribution in [0, 0.1) is 11.8 Å². The zero-order chi connectivity index (χ0) is 15.4. The smallest absolute Gasteiger partial charge is 0.0829 e. The van der Waals surface area contributed by atoms with Gasteiger partial charge in [0.05, 0.1) is 12.7 Å². The molecule has 21 heavy (non-hydrogen) atoms. The van der Waals surface area contributed by atoms with Gasteiger partial charge in [-0.2, -0.15) is 0 Å². The maximum absolute atomic E-state index is 6.03. The molecule has 0 saturated carbocycles. The Hall–Kier alpha value is -0.160. The van der Waals surface area contributed by atoms with Crippen LogP contribution >= 0.6 is 0 Å². The molecule has 0 aromatic heterocycles. The van der Waals surface area contributed by atoms with Crippen LogP contribution in [0.5, 0.6) is 0 Å². The van der Waals surface area contributed by atoms with Gasteiger partial charge < -0.3 is 10.1 Å². The van der Waals surface area contributed by atoms with Gasteiger partial charge in [-0.3, -0.25) is 9.80 Å². The van der Waals surface area contributed by atoms with Crippen LogP contribution in [0.3, 0.4) is 0 Å². The second-order valence-corrected chi connectivity index (χ2v) is 7.41. The van der Waals surface area contributed by atoms with E-state index in [2.05, 4.69) is 49.7 Å². The molecule has 4 nitrogen and oxygen atoms in total. The molecule has 0 radical (unpaired) electrons. The molecule has 0 aromatic rings. The fourth-order valence-electron chi connectivity index (χ4n) is 3.61. The number of hydrogen-bond acceptors (Lipinski definition) is 4. The van der Waals surface area contributed by atoms with E-state index in [1.165, 1.54) is 0 Å². The van der Waals surface area contributed by atoms with Crippen molar-refractivity contribution in [1.82, 2.24) is 15.1 Å². The lowest BCUT2D eigenvalue weighted by atomic mass is 9.94. The van der Waals surface area contributed by atoms with Gasteiger partial charge in [0, 0.05) is 44.8 Å². The summed E-state index contributed by atoms with van der Waals surface area (Å²) in [6.45, 7) is 19.2. The van der Waals surface area contributed by atoms with Crippen LogP contribution < -0.4 is 5.32 Å². The first-order valence-electron chi connectivity index (χ1n) is 8.82. The van der Waals surface area contributed by atoms with Gasteiger partial charge in [-0.15, -0.1) is 0 Å². The Morgan fingerprint density at radius 1 is 1.14 bits per heavy atom. The van der Waals surface area contributed by atoms with Gasteiger partial charge in [-0.05, 0) is 18.4 Å². The predicted octanol–water partition coefficient (Wildman–Crippen LogP) is 1.66. The Morgan fingerprint density at radius 3 is 2.52 bits per heavy atom. The molecular weight excluding hydrogens is 262 g/mol. The van der Waals surface area contributed by atoms with Crippen molar-refractivity contribution >= 4 is 0 Å². The lowest BCUT2D eigenvalue weighted by Crippen LogP contribution is -2.62. The summed E-state index contributed by atoms with van der Waals surface area (Å²) in [4.78, 5) is 5.20. The molecule has 0 amide bonds. The van der Waals surface area contributed by atoms with Crippen LogP contribution in [0.2, 0.25) is 0 Å². The Morgan fingerprint density at radius 2 is 1.90 bits per heavy atom. The number of morpholine rings is 1. The van der Waals surface area contributed by atoms with E-state index < -0.39 is 0 Å². The van der Waals surface area contributed by atoms with Crippen LogP contribution in [0.1, 0.15) is 34.6 Å². The maximum Gasteiger partial charge on any atom is 0.0829 e. The molecule has 2 aliphatic heterocycles. The second-order valence-electron chi connectivity index (χ2n) is 7.41. The Kier molecular flexibility index (Phi) is 6.48. The summed E-state index contributed by atoms with van der Waals surface area (Å²) in [5.74, 6) is 1.39. The minimum atomic E-state index is 0.380. The topological polar surface area (TPSA) is 27.7 Å². The molecule has 124 valence electrons. The molecule has 3 unspecified atom stereocenters. The zero-order valence-corrected chi connectivity index (χ0v) is 14.6. The monoisotopic (exact) mass is 297 g/mol. The first kappa shape index (κ1) is 17.2. The highest BCUT2D eigenvalue weighted by Crippen LogP contribution is 2.20. The lowest BCUT2D eigenvalue weighted by molar-refractivity contribution is -0.0566. The minimum absolute atomic E-state index is 0.380. The highest BCUT2D eigenvalue weighted by molar-refractivity contribution is 4.90. The molecule has 3 atom stereocenters. The number of likely N-dealkylation sites (N-methyl/N-ethyl adjacent to an activating group) is 1. The third kappa shape index (κ3) is 4.65. The average molecular weight is 297 g/mol. The SMILES string of the molecule is CCN1CCOC(CN2CC(C(C)C)NCC2C(C)C)C1. The van der Waals surface area contributed by atoms with Crippen LogP contribution in [0.15, 0.2) is 0 Å². The molecule has 1 N–H and O–H groups in total. The van der Waals surface area contributed by atoms with Gasteiger partial charge in [-0.1, -0.05) is 34.6 Å². The highest BCUT2D eigenvalue weighted by Gasteiger charge is 2.33. The first-order valence-corrected chi connectivity index (χ1v) is 8.82. The average Bonchev–Trinajstić information content (AvgIpc) is 2.47. The molecule has 4 heteroatoms. The number of rotatable bonds is 5. The summed E-state index contributed by atoms with van der Waals surface area (Å²) in [6.07, 6.45) is 0.380. The number of nitrogens with one attached hydrogen (secondary N) is 1. The van der Waals surface area contributed by atoms with E-state index in [-0.39, 0.29) is 0 Å². The first-order chi connectivity index (χ1) is 10.0. The van der Waals surface area contributed by atoms with Crippen LogP contribution in [0.4, 0.5) is 0 Å². The van der Waals surface area contributed by atoms with E-state index in [9.17, 15) is 0 Å². The van der Waals surface area contributed by atoms with Gasteiger partial charge in [0.25, 0.3) is 0 Å². The summed E-state index contributed by atoms with van der Waals surface area (Å²) in [6, 6.07) is 1.26. The maximum atomic E-state index is 6.03. The summed E-state index contributed by atoms with van der Waals surface area (Å²) in [5, 5.41) is 3.74. The van der Waals surface area contributed by atoms with Gasteiger partial charge in [0.1, 0.15) is 0 Å². The fourth-order valence-corrected chi connectivity index (χ4v) is 3.61. The van der Waals surface area contributed by atoms with Crippen molar-refractivity contribution in [2.24, 2.45) is 11.8 Å². The Bertz CT molecular complexity index is 308. The van der Waals surface area contributed by atoms with Gasteiger partial charge in [0.2, 0.25) is 0 Å². The third-order valence-corrected chi connectivity index (χ3v) is 5.17. The summed E-state index contributed by atoms with van der Waals surface area (Å²) >= 11 is 0. The van der Waals surface area contributed by atoms with E-state index in [0.29, 0.717) is 30.0 Å². The second kappa shape index (κ2) is 7.91. The highest BCUT2D eigenvalue weighted by atomic mass is 16.5. The van der Waals surface area contributed by atoms with E-state index >= 15 is 0 Å². The number of piperazine rings is 1. The number of hydrogen-bond donors (Lipinski definition) is 1. The van der Waals surface area contributed by atoms with E-state index in [4.69, 9.17) is 4.74 Å². The van der Waals surface area contributed by atoms with Crippen molar-refractivity contribution in [3.05, 3.63) is 0 Å². The van der Waals surface area contributed by atoms with Crippen molar-refractivity contribution in [3.8, 4) is 0 Å². The minimum Gasteiger partial charge on any atom is -0.374 e. The summed E-state index contributed by atoms with van der Waals surface area (Å²) in [5.41, 5.74) is 0. The van der Waals surface area contributed by atoms with Gasteiger partial charge in [0.15, 0.2) is 0 Å². The van der Waals surface area contributed by atoms with Gasteiger partial charge in [-0.25, -0.2) is 0 Å². The van der Waals surface area contributed by atoms with Crippen molar-refractivity contribution in [1.29, 1.82) is 0 Å². The van der Waals surface area contributed by atoms with Crippen molar-refractivity contribution < 1.29 is 4.74 Å². The molecule has 2 aliphatic rings. The van der Waals surface area contributed by atoms with Crippen molar-refractivity contribution in [3.63, 3.8) is 0 Å². The van der Waals surface area contributed by atoms with Gasteiger partial charge >= 0.3 is 0 Å². The van der Waals surface area contributed by atoms with Crippen LogP contribution in [0.25, 0.3) is 0 Å². The Labute approximate surface area is 131 Å². The molecular formula is C17H35N3O. The molecule has 0 aliphatic carbocycles. The van der Waals surface area contributed by atoms with Crippen LogP contribution in [-0.2, 0) is 4.74 Å². The van der Waals surface area contributed by atoms with Crippen molar-refractivity contribution in [2.45, 2.75) is 52.8 Å². The Balaban J connectivity index is 1.95. The standard InChI is InChI=1S/C17H35N3O/c1-6-19-7-8-21-15(10-19)11-20-12-16(13(2)3)18-9-17(20)14(4)5/h13-18H,6-12H2,1-5H3. The molecule has 2 fully saturated rings. The summed E-state index contributed by atoms with van der Waals surface area (Å²) < 4.78 is 6.03. The molecule has 2 saturated heterocycles. The number of nitrogens with zero attached hydrogens (tertiary/aromatic N) is 2. The van der Waals surface area contributed by atoms with E-state index in [1.54, 1.807) is 0 Å². The van der Waals surface area contributed by atoms with E-state index in [1.807, 2.05) is 0 Å². The molecule has 0 spiro atoms. The zero-order valence-electron chi connectivity index (χ0n) is 14.6. The third-order valence-electron chi connectivity index (χ3n) is 5.17. The quantitative estimate of drug-likeness (QED) is 0.835. The van der Waals surface area contributed by atoms with Crippen molar-refractivity contribution in [2.75, 3.05) is 45.9 Å². The fraction of sp³-hybridized carbons (Fsp3) is 1.00. The normalized spacial score (nSPS) is 33.0. The lowest BCUT2D eigenvalue weighted by Gasteiger charge is -2.46. The molecule has 2 rings (SSSR count). The number of ether oxygens (including phenoxy) is 1. The van der Waals surface area contributed by atoms with Crippen LogP contribution in [-0.4, -0.2) is 73.9 Å². The summed E-state index contributed by atoms with van der Waals surface area (Å²) in [7, 11) is 0. The molecule has 2 heterocycles. The van der Waals surface area contributed by atoms with E-state index in [0.717, 1.165) is 45.9 Å². The largest absolute Gasteiger partial charge is 0.374 e.